The molecular formula is C28H31Cl3N6O2. The number of nitrogens with zero attached hydrogens (tertiary/aromatic N) is 5. The number of benzene rings is 2. The van der Waals surface area contributed by atoms with Gasteiger partial charge in [-0.3, -0.25) is 5.43 Å². The summed E-state index contributed by atoms with van der Waals surface area (Å²) in [4.78, 5) is 14.1. The van der Waals surface area contributed by atoms with Crippen LogP contribution in [0.4, 0.5) is 17.6 Å². The Balaban J connectivity index is 1.27. The minimum Gasteiger partial charge on any atom is -0.490 e. The summed E-state index contributed by atoms with van der Waals surface area (Å²) >= 11 is 18.8. The van der Waals surface area contributed by atoms with Gasteiger partial charge in [0.15, 0.2) is 5.82 Å². The summed E-state index contributed by atoms with van der Waals surface area (Å²) in [5.74, 6) is 3.49. The average Bonchev–Trinajstić information content (AvgIpc) is 3.65. The predicted octanol–water partition coefficient (Wildman–Crippen LogP) is 6.85. The molecule has 11 heteroatoms. The van der Waals surface area contributed by atoms with Crippen LogP contribution in [0.3, 0.4) is 0 Å². The number of aromatic nitrogens is 2. The minimum absolute atomic E-state index is 0.279. The molecule has 0 spiro atoms. The molecule has 1 aromatic heterocycles. The molecule has 0 unspecified atom stereocenters. The summed E-state index contributed by atoms with van der Waals surface area (Å²) in [6.45, 7) is 6.48. The van der Waals surface area contributed by atoms with Crippen molar-refractivity contribution in [3.63, 3.8) is 0 Å². The Bertz CT molecular complexity index is 1290. The lowest BCUT2D eigenvalue weighted by Crippen LogP contribution is -2.24. The molecular weight excluding hydrogens is 559 g/mol. The molecule has 3 aromatic rings. The Hall–Kier alpha value is -2.94. The molecule has 1 N–H and O–H groups in total. The maximum absolute atomic E-state index is 6.47. The van der Waals surface area contributed by atoms with Crippen molar-refractivity contribution in [2.75, 3.05) is 54.6 Å². The van der Waals surface area contributed by atoms with Gasteiger partial charge in [0.25, 0.3) is 0 Å². The van der Waals surface area contributed by atoms with Crippen molar-refractivity contribution in [3.05, 3.63) is 62.6 Å². The summed E-state index contributed by atoms with van der Waals surface area (Å²) in [6.07, 6.45) is 6.28. The summed E-state index contributed by atoms with van der Waals surface area (Å²) in [5, 5.41) is 6.01. The van der Waals surface area contributed by atoms with E-state index in [9.17, 15) is 0 Å². The lowest BCUT2D eigenvalue weighted by atomic mass is 10.2. The first kappa shape index (κ1) is 27.6. The molecule has 0 saturated carbocycles. The molecule has 5 rings (SSSR count). The zero-order valence-electron chi connectivity index (χ0n) is 21.8. The van der Waals surface area contributed by atoms with Crippen molar-refractivity contribution >= 4 is 58.6 Å². The maximum Gasteiger partial charge on any atom is 0.229 e. The van der Waals surface area contributed by atoms with E-state index in [-0.39, 0.29) is 6.61 Å². The fourth-order valence-corrected chi connectivity index (χ4v) is 5.33. The third-order valence-corrected chi connectivity index (χ3v) is 7.59. The molecule has 0 radical (unpaired) electrons. The van der Waals surface area contributed by atoms with Gasteiger partial charge in [0.2, 0.25) is 5.95 Å². The van der Waals surface area contributed by atoms with Crippen LogP contribution in [-0.2, 0) is 0 Å². The van der Waals surface area contributed by atoms with Gasteiger partial charge in [0, 0.05) is 47.9 Å². The monoisotopic (exact) mass is 588 g/mol. The molecule has 0 aliphatic carbocycles. The van der Waals surface area contributed by atoms with Crippen molar-refractivity contribution in [3.8, 4) is 11.5 Å². The predicted molar refractivity (Wildman–Crippen MR) is 160 cm³/mol. The summed E-state index contributed by atoms with van der Waals surface area (Å²) in [5.41, 5.74) is 4.66. The zero-order valence-corrected chi connectivity index (χ0v) is 24.1. The van der Waals surface area contributed by atoms with Crippen LogP contribution in [0.25, 0.3) is 0 Å². The van der Waals surface area contributed by atoms with Crippen molar-refractivity contribution < 1.29 is 9.47 Å². The van der Waals surface area contributed by atoms with Crippen LogP contribution in [-0.4, -0.2) is 55.6 Å². The fourth-order valence-electron chi connectivity index (χ4n) is 4.65. The van der Waals surface area contributed by atoms with E-state index in [2.05, 4.69) is 20.3 Å². The van der Waals surface area contributed by atoms with Crippen LogP contribution in [0.5, 0.6) is 11.5 Å². The Kier molecular flexibility index (Phi) is 9.17. The van der Waals surface area contributed by atoms with Gasteiger partial charge in [0.05, 0.1) is 11.2 Å². The van der Waals surface area contributed by atoms with Crippen LogP contribution >= 0.6 is 34.8 Å². The van der Waals surface area contributed by atoms with Crippen LogP contribution in [0.2, 0.25) is 15.1 Å². The molecule has 3 heterocycles. The highest BCUT2D eigenvalue weighted by atomic mass is 35.5. The molecule has 0 bridgehead atoms. The van der Waals surface area contributed by atoms with Gasteiger partial charge in [-0.25, -0.2) is 0 Å². The van der Waals surface area contributed by atoms with Gasteiger partial charge in [0.1, 0.15) is 30.5 Å². The minimum atomic E-state index is 0.279. The van der Waals surface area contributed by atoms with E-state index in [0.29, 0.717) is 38.8 Å². The normalized spacial score (nSPS) is 15.4. The number of aryl methyl sites for hydroxylation is 1. The van der Waals surface area contributed by atoms with E-state index in [1.54, 1.807) is 18.3 Å². The standard InChI is InChI=1S/C28H31Cl3N6O2/c1-19-14-22(6-7-23(19)30)38-12-13-39-27-20(15-21(29)16-24(27)31)18-32-35-25-17-26(36-8-2-3-9-36)34-28(33-25)37-10-4-5-11-37/h6-7,14-18H,2-5,8-13H2,1H3,(H,33,34,35)/b32-18+. The number of hydrogen-bond donors (Lipinski definition) is 1. The highest BCUT2D eigenvalue weighted by Gasteiger charge is 2.20. The number of hydrazone groups is 1. The second-order valence-electron chi connectivity index (χ2n) is 9.58. The molecule has 206 valence electrons. The second kappa shape index (κ2) is 12.9. The van der Waals surface area contributed by atoms with E-state index in [4.69, 9.17) is 54.2 Å². The number of anilines is 3. The van der Waals surface area contributed by atoms with E-state index >= 15 is 0 Å². The van der Waals surface area contributed by atoms with Crippen molar-refractivity contribution in [2.45, 2.75) is 32.6 Å². The Morgan fingerprint density at radius 2 is 1.59 bits per heavy atom. The van der Waals surface area contributed by atoms with E-state index in [0.717, 1.165) is 62.1 Å². The summed E-state index contributed by atoms with van der Waals surface area (Å²) in [7, 11) is 0. The molecule has 8 nitrogen and oxygen atoms in total. The van der Waals surface area contributed by atoms with Crippen molar-refractivity contribution in [1.29, 1.82) is 0 Å². The molecule has 2 aliphatic rings. The Labute approximate surface area is 243 Å². The highest BCUT2D eigenvalue weighted by Crippen LogP contribution is 2.32. The second-order valence-corrected chi connectivity index (χ2v) is 10.8. The molecule has 0 atom stereocenters. The summed E-state index contributed by atoms with van der Waals surface area (Å²) in [6, 6.07) is 10.9. The molecule has 39 heavy (non-hydrogen) atoms. The van der Waals surface area contributed by atoms with E-state index < -0.39 is 0 Å². The molecule has 2 fully saturated rings. The number of ether oxygens (including phenoxy) is 2. The number of nitrogens with one attached hydrogen (secondary N) is 1. The van der Waals surface area contributed by atoms with Gasteiger partial charge in [-0.1, -0.05) is 34.8 Å². The Morgan fingerprint density at radius 3 is 2.33 bits per heavy atom. The largest absolute Gasteiger partial charge is 0.490 e. The van der Waals surface area contributed by atoms with Crippen LogP contribution in [0.15, 0.2) is 41.5 Å². The fraction of sp³-hybridized carbons (Fsp3) is 0.393. The quantitative estimate of drug-likeness (QED) is 0.157. The molecule has 2 saturated heterocycles. The van der Waals surface area contributed by atoms with Gasteiger partial charge in [-0.2, -0.15) is 15.1 Å². The zero-order chi connectivity index (χ0) is 27.2. The van der Waals surface area contributed by atoms with E-state index in [1.807, 2.05) is 31.2 Å². The lowest BCUT2D eigenvalue weighted by molar-refractivity contribution is 0.217. The first-order chi connectivity index (χ1) is 19.0. The third kappa shape index (κ3) is 7.18. The average molecular weight is 590 g/mol. The van der Waals surface area contributed by atoms with Gasteiger partial charge < -0.3 is 19.3 Å². The van der Waals surface area contributed by atoms with Crippen LogP contribution in [0.1, 0.15) is 36.8 Å². The molecule has 2 aliphatic heterocycles. The van der Waals surface area contributed by atoms with Crippen LogP contribution in [0, 0.1) is 6.92 Å². The topological polar surface area (TPSA) is 75.1 Å². The number of hydrogen-bond acceptors (Lipinski definition) is 8. The number of halogens is 3. The SMILES string of the molecule is Cc1cc(OCCOc2c(Cl)cc(Cl)cc2/C=N/Nc2cc(N3CCCC3)nc(N3CCCC3)n2)ccc1Cl. The Morgan fingerprint density at radius 1 is 0.872 bits per heavy atom. The first-order valence-corrected chi connectivity index (χ1v) is 14.3. The summed E-state index contributed by atoms with van der Waals surface area (Å²) < 4.78 is 11.8. The third-order valence-electron chi connectivity index (χ3n) is 6.67. The van der Waals surface area contributed by atoms with E-state index in [1.165, 1.54) is 12.8 Å². The number of rotatable bonds is 10. The molecule has 2 aromatic carbocycles. The van der Waals surface area contributed by atoms with Gasteiger partial charge >= 0.3 is 0 Å². The highest BCUT2D eigenvalue weighted by molar-refractivity contribution is 6.36. The van der Waals surface area contributed by atoms with Gasteiger partial charge in [-0.15, -0.1) is 0 Å². The molecule has 0 amide bonds. The van der Waals surface area contributed by atoms with Crippen molar-refractivity contribution in [2.24, 2.45) is 5.10 Å². The van der Waals surface area contributed by atoms with Gasteiger partial charge in [-0.05, 0) is 68.5 Å². The smallest absolute Gasteiger partial charge is 0.229 e. The maximum atomic E-state index is 6.47. The first-order valence-electron chi connectivity index (χ1n) is 13.1. The van der Waals surface area contributed by atoms with Crippen molar-refractivity contribution in [1.82, 2.24) is 9.97 Å². The van der Waals surface area contributed by atoms with Crippen LogP contribution < -0.4 is 24.7 Å². The lowest BCUT2D eigenvalue weighted by Gasteiger charge is -2.21.